The topological polar surface area (TPSA) is 71.1 Å². The third-order valence-electron chi connectivity index (χ3n) is 4.36. The molecular formula is C22H23ClO6. The van der Waals surface area contributed by atoms with Gasteiger partial charge in [-0.2, -0.15) is 0 Å². The molecule has 0 aromatic heterocycles. The molecule has 0 N–H and O–H groups in total. The Balaban J connectivity index is 1.61. The fourth-order valence-corrected chi connectivity index (χ4v) is 3.02. The van der Waals surface area contributed by atoms with Gasteiger partial charge in [0.1, 0.15) is 13.2 Å². The van der Waals surface area contributed by atoms with Crippen LogP contribution in [0.2, 0.25) is 0 Å². The number of carbonyl (C=O) groups is 2. The van der Waals surface area contributed by atoms with Crippen LogP contribution in [0.3, 0.4) is 0 Å². The molecule has 6 nitrogen and oxygen atoms in total. The van der Waals surface area contributed by atoms with E-state index in [1.54, 1.807) is 0 Å². The summed E-state index contributed by atoms with van der Waals surface area (Å²) < 4.78 is 21.9. The molecule has 0 bridgehead atoms. The Morgan fingerprint density at radius 3 is 1.66 bits per heavy atom. The molecule has 0 spiro atoms. The Kier molecular flexibility index (Phi) is 8.04. The summed E-state index contributed by atoms with van der Waals surface area (Å²) in [5.41, 5.74) is 1.67. The van der Waals surface area contributed by atoms with Gasteiger partial charge < -0.3 is 18.9 Å². The van der Waals surface area contributed by atoms with Crippen LogP contribution in [0.25, 0.3) is 0 Å². The van der Waals surface area contributed by atoms with Crippen molar-refractivity contribution >= 4 is 23.5 Å². The largest absolute Gasteiger partial charge is 0.459 e. The quantitative estimate of drug-likeness (QED) is 0.457. The van der Waals surface area contributed by atoms with Gasteiger partial charge in [0.15, 0.2) is 18.5 Å². The number of esters is 2. The average molecular weight is 419 g/mol. The molecule has 0 radical (unpaired) electrons. The fraction of sp³-hybridized carbons (Fsp3) is 0.364. The number of benzene rings is 2. The number of hydrogen-bond donors (Lipinski definition) is 0. The van der Waals surface area contributed by atoms with Crippen molar-refractivity contribution in [3.63, 3.8) is 0 Å². The maximum absolute atomic E-state index is 12.6. The van der Waals surface area contributed by atoms with Gasteiger partial charge in [-0.25, -0.2) is 9.59 Å². The second-order valence-corrected chi connectivity index (χ2v) is 6.94. The molecule has 0 amide bonds. The molecule has 154 valence electrons. The summed E-state index contributed by atoms with van der Waals surface area (Å²) in [5.74, 6) is -0.900. The lowest BCUT2D eigenvalue weighted by Crippen LogP contribution is -2.39. The smallest absolute Gasteiger partial charge is 0.339 e. The van der Waals surface area contributed by atoms with Crippen LogP contribution in [0.1, 0.15) is 24.0 Å². The first-order valence-electron chi connectivity index (χ1n) is 9.45. The van der Waals surface area contributed by atoms with Gasteiger partial charge in [-0.3, -0.25) is 0 Å². The van der Waals surface area contributed by atoms with Gasteiger partial charge in [0.25, 0.3) is 0 Å². The van der Waals surface area contributed by atoms with Gasteiger partial charge in [0, 0.05) is 5.88 Å². The van der Waals surface area contributed by atoms with Crippen LogP contribution in [-0.4, -0.2) is 36.3 Å². The summed E-state index contributed by atoms with van der Waals surface area (Å²) in [6, 6.07) is 18.5. The van der Waals surface area contributed by atoms with Crippen LogP contribution in [0, 0.1) is 0 Å². The van der Waals surface area contributed by atoms with E-state index in [0.29, 0.717) is 18.7 Å². The third kappa shape index (κ3) is 6.29. The second kappa shape index (κ2) is 11.0. The predicted molar refractivity (Wildman–Crippen MR) is 106 cm³/mol. The number of carbonyl (C=O) groups excluding carboxylic acids is 2. The molecule has 0 unspecified atom stereocenters. The zero-order valence-electron chi connectivity index (χ0n) is 15.9. The lowest BCUT2D eigenvalue weighted by Gasteiger charge is -2.15. The molecule has 1 aliphatic rings. The van der Waals surface area contributed by atoms with Crippen molar-refractivity contribution in [2.75, 3.05) is 5.88 Å². The van der Waals surface area contributed by atoms with E-state index in [9.17, 15) is 9.59 Å². The molecule has 2 atom stereocenters. The number of rotatable bonds is 9. The lowest BCUT2D eigenvalue weighted by molar-refractivity contribution is -0.165. The summed E-state index contributed by atoms with van der Waals surface area (Å²) in [7, 11) is 0. The normalized spacial score (nSPS) is 19.1. The minimum absolute atomic E-state index is 0.0810. The van der Waals surface area contributed by atoms with Gasteiger partial charge in [-0.05, 0) is 24.0 Å². The SMILES string of the molecule is O=C(OCc1ccccc1)[C@@H]1OC(CCCCl)O[C@H]1C(=O)OCc1ccccc1. The van der Waals surface area contributed by atoms with Crippen LogP contribution in [0.15, 0.2) is 60.7 Å². The molecule has 2 aromatic rings. The molecule has 2 aromatic carbocycles. The zero-order chi connectivity index (χ0) is 20.5. The molecule has 1 aliphatic heterocycles. The molecule has 1 saturated heterocycles. The van der Waals surface area contributed by atoms with Crippen molar-refractivity contribution in [1.82, 2.24) is 0 Å². The predicted octanol–water partition coefficient (Wildman–Crippen LogP) is 3.60. The molecule has 0 aliphatic carbocycles. The maximum Gasteiger partial charge on any atom is 0.339 e. The first-order valence-corrected chi connectivity index (χ1v) is 9.99. The number of alkyl halides is 1. The number of halogens is 1. The molecule has 3 rings (SSSR count). The molecule has 1 heterocycles. The van der Waals surface area contributed by atoms with Crippen molar-refractivity contribution in [1.29, 1.82) is 0 Å². The van der Waals surface area contributed by atoms with Crippen molar-refractivity contribution in [2.24, 2.45) is 0 Å². The molecule has 29 heavy (non-hydrogen) atoms. The van der Waals surface area contributed by atoms with Gasteiger partial charge in [-0.15, -0.1) is 11.6 Å². The van der Waals surface area contributed by atoms with E-state index in [1.165, 1.54) is 0 Å². The number of ether oxygens (including phenoxy) is 4. The Morgan fingerprint density at radius 1 is 0.793 bits per heavy atom. The van der Waals surface area contributed by atoms with Gasteiger partial charge in [0.2, 0.25) is 0 Å². The Bertz CT molecular complexity index is 719. The van der Waals surface area contributed by atoms with E-state index in [-0.39, 0.29) is 13.2 Å². The van der Waals surface area contributed by atoms with Crippen molar-refractivity contribution in [3.05, 3.63) is 71.8 Å². The van der Waals surface area contributed by atoms with Crippen LogP contribution < -0.4 is 0 Å². The van der Waals surface area contributed by atoms with Crippen molar-refractivity contribution in [2.45, 2.75) is 44.6 Å². The highest BCUT2D eigenvalue weighted by Gasteiger charge is 2.47. The highest BCUT2D eigenvalue weighted by atomic mass is 35.5. The van der Waals surface area contributed by atoms with Crippen LogP contribution in [0.5, 0.6) is 0 Å². The summed E-state index contributed by atoms with van der Waals surface area (Å²) in [5, 5.41) is 0. The number of hydrogen-bond acceptors (Lipinski definition) is 6. The maximum atomic E-state index is 12.6. The van der Waals surface area contributed by atoms with Crippen LogP contribution >= 0.6 is 11.6 Å². The standard InChI is InChI=1S/C22H23ClO6/c23-13-7-12-18-28-19(21(24)26-14-16-8-3-1-4-9-16)20(29-18)22(25)27-15-17-10-5-2-6-11-17/h1-6,8-11,18-20H,7,12-15H2/t19-,20-/m1/s1. The Labute approximate surface area is 174 Å². The summed E-state index contributed by atoms with van der Waals surface area (Å²) in [6.07, 6.45) is -1.97. The van der Waals surface area contributed by atoms with Gasteiger partial charge in [-0.1, -0.05) is 60.7 Å². The molecule has 1 fully saturated rings. The summed E-state index contributed by atoms with van der Waals surface area (Å²) in [4.78, 5) is 25.1. The Hall–Kier alpha value is -2.41. The highest BCUT2D eigenvalue weighted by Crippen LogP contribution is 2.25. The fourth-order valence-electron chi connectivity index (χ4n) is 2.86. The lowest BCUT2D eigenvalue weighted by atomic mass is 10.2. The van der Waals surface area contributed by atoms with E-state index >= 15 is 0 Å². The Morgan fingerprint density at radius 2 is 1.24 bits per heavy atom. The third-order valence-corrected chi connectivity index (χ3v) is 4.62. The van der Waals surface area contributed by atoms with Crippen LogP contribution in [0.4, 0.5) is 0 Å². The van der Waals surface area contributed by atoms with E-state index in [4.69, 9.17) is 30.5 Å². The first-order chi connectivity index (χ1) is 14.2. The van der Waals surface area contributed by atoms with E-state index in [1.807, 2.05) is 60.7 Å². The van der Waals surface area contributed by atoms with Crippen molar-refractivity contribution in [3.8, 4) is 0 Å². The second-order valence-electron chi connectivity index (χ2n) is 6.56. The average Bonchev–Trinajstić information content (AvgIpc) is 3.20. The van der Waals surface area contributed by atoms with Crippen LogP contribution in [-0.2, 0) is 41.8 Å². The summed E-state index contributed by atoms with van der Waals surface area (Å²) in [6.45, 7) is 0.162. The highest BCUT2D eigenvalue weighted by molar-refractivity contribution is 6.17. The summed E-state index contributed by atoms with van der Waals surface area (Å²) >= 11 is 5.72. The minimum Gasteiger partial charge on any atom is -0.459 e. The monoisotopic (exact) mass is 418 g/mol. The van der Waals surface area contributed by atoms with Gasteiger partial charge in [0.05, 0.1) is 0 Å². The minimum atomic E-state index is -1.18. The van der Waals surface area contributed by atoms with E-state index < -0.39 is 30.4 Å². The first kappa shape index (κ1) is 21.3. The molecule has 0 saturated carbocycles. The van der Waals surface area contributed by atoms with E-state index in [0.717, 1.165) is 11.1 Å². The molecule has 7 heteroatoms. The molecular weight excluding hydrogens is 396 g/mol. The van der Waals surface area contributed by atoms with Gasteiger partial charge >= 0.3 is 11.9 Å². The zero-order valence-corrected chi connectivity index (χ0v) is 16.6. The van der Waals surface area contributed by atoms with E-state index in [2.05, 4.69) is 0 Å². The van der Waals surface area contributed by atoms with Crippen molar-refractivity contribution < 1.29 is 28.5 Å².